The topological polar surface area (TPSA) is 85.3 Å². The second kappa shape index (κ2) is 6.28. The minimum Gasteiger partial charge on any atom is -0.465 e. The van der Waals surface area contributed by atoms with Gasteiger partial charge in [-0.15, -0.1) is 0 Å². The number of nitrogens with one attached hydrogen (secondary N) is 1. The maximum Gasteiger partial charge on any atom is 0.244 e. The van der Waals surface area contributed by atoms with Crippen molar-refractivity contribution < 1.29 is 12.8 Å². The van der Waals surface area contributed by atoms with Gasteiger partial charge in [-0.1, -0.05) is 19.3 Å². The van der Waals surface area contributed by atoms with Crippen molar-refractivity contribution in [1.82, 2.24) is 4.72 Å². The van der Waals surface area contributed by atoms with E-state index in [1.54, 1.807) is 19.9 Å². The first-order valence-electron chi connectivity index (χ1n) is 7.23. The fourth-order valence-corrected chi connectivity index (χ4v) is 4.57. The number of aryl methyl sites for hydroxylation is 2. The van der Waals surface area contributed by atoms with Crippen molar-refractivity contribution in [3.8, 4) is 0 Å². The highest BCUT2D eigenvalue weighted by atomic mass is 32.2. The van der Waals surface area contributed by atoms with E-state index in [4.69, 9.17) is 10.2 Å². The lowest BCUT2D eigenvalue weighted by molar-refractivity contribution is 0.294. The Hall–Kier alpha value is -0.850. The van der Waals surface area contributed by atoms with Crippen LogP contribution >= 0.6 is 0 Å². The first-order chi connectivity index (χ1) is 9.44. The van der Waals surface area contributed by atoms with Gasteiger partial charge in [-0.3, -0.25) is 0 Å². The summed E-state index contributed by atoms with van der Waals surface area (Å²) in [5.74, 6) is 1.37. The summed E-state index contributed by atoms with van der Waals surface area (Å²) in [6.45, 7) is 3.74. The summed E-state index contributed by atoms with van der Waals surface area (Å²) in [7, 11) is -3.55. The third-order valence-corrected chi connectivity index (χ3v) is 5.66. The van der Waals surface area contributed by atoms with Crippen LogP contribution in [0.2, 0.25) is 0 Å². The molecule has 1 aliphatic carbocycles. The zero-order valence-electron chi connectivity index (χ0n) is 12.2. The summed E-state index contributed by atoms with van der Waals surface area (Å²) >= 11 is 0. The number of hydrogen-bond donors (Lipinski definition) is 2. The second-order valence-corrected chi connectivity index (χ2v) is 7.32. The molecule has 1 saturated carbocycles. The Labute approximate surface area is 121 Å². The maximum absolute atomic E-state index is 12.5. The van der Waals surface area contributed by atoms with Crippen molar-refractivity contribution in [2.24, 2.45) is 11.7 Å². The van der Waals surface area contributed by atoms with Gasteiger partial charge in [-0.05, 0) is 38.7 Å². The average molecular weight is 300 g/mol. The lowest BCUT2D eigenvalue weighted by atomic mass is 9.84. The Balaban J connectivity index is 2.15. The highest BCUT2D eigenvalue weighted by molar-refractivity contribution is 7.89. The van der Waals surface area contributed by atoms with Gasteiger partial charge in [0.05, 0.1) is 0 Å². The first-order valence-corrected chi connectivity index (χ1v) is 8.72. The molecule has 2 rings (SSSR count). The van der Waals surface area contributed by atoms with E-state index in [9.17, 15) is 8.42 Å². The van der Waals surface area contributed by atoms with Crippen LogP contribution in [0.1, 0.15) is 43.6 Å². The first kappa shape index (κ1) is 15.5. The molecular formula is C14H24N2O3S. The molecule has 6 heteroatoms. The van der Waals surface area contributed by atoms with E-state index in [0.717, 1.165) is 25.7 Å². The molecule has 0 bridgehead atoms. The highest BCUT2D eigenvalue weighted by Gasteiger charge is 2.29. The normalized spacial score (nSPS) is 19.1. The molecule has 0 aromatic carbocycles. The molecule has 1 aromatic rings. The lowest BCUT2D eigenvalue weighted by Gasteiger charge is -2.29. The summed E-state index contributed by atoms with van der Waals surface area (Å²) in [5, 5.41) is 0. The zero-order chi connectivity index (χ0) is 14.8. The molecule has 0 radical (unpaired) electrons. The van der Waals surface area contributed by atoms with E-state index < -0.39 is 10.0 Å². The van der Waals surface area contributed by atoms with Gasteiger partial charge < -0.3 is 10.2 Å². The van der Waals surface area contributed by atoms with Crippen molar-refractivity contribution in [3.05, 3.63) is 17.6 Å². The van der Waals surface area contributed by atoms with Gasteiger partial charge in [0, 0.05) is 12.6 Å². The van der Waals surface area contributed by atoms with Crippen LogP contribution in [0.15, 0.2) is 15.4 Å². The maximum atomic E-state index is 12.5. The molecule has 0 aliphatic heterocycles. The average Bonchev–Trinajstić information content (AvgIpc) is 2.77. The van der Waals surface area contributed by atoms with Crippen molar-refractivity contribution in [2.45, 2.75) is 56.9 Å². The summed E-state index contributed by atoms with van der Waals surface area (Å²) in [6.07, 6.45) is 5.65. The number of sulfonamides is 1. The Morgan fingerprint density at radius 1 is 1.35 bits per heavy atom. The number of rotatable bonds is 5. The molecule has 1 atom stereocenters. The molecule has 1 aromatic heterocycles. The smallest absolute Gasteiger partial charge is 0.244 e. The fourth-order valence-electron chi connectivity index (χ4n) is 3.01. The van der Waals surface area contributed by atoms with E-state index >= 15 is 0 Å². The molecule has 0 spiro atoms. The van der Waals surface area contributed by atoms with Gasteiger partial charge in [-0.2, -0.15) is 0 Å². The molecular weight excluding hydrogens is 276 g/mol. The minimum absolute atomic E-state index is 0.185. The Bertz CT molecular complexity index is 545. The Morgan fingerprint density at radius 3 is 2.50 bits per heavy atom. The monoisotopic (exact) mass is 300 g/mol. The molecule has 5 nitrogen and oxygen atoms in total. The van der Waals surface area contributed by atoms with Gasteiger partial charge in [-0.25, -0.2) is 13.1 Å². The predicted octanol–water partition coefficient (Wildman–Crippen LogP) is 2.08. The fraction of sp³-hybridized carbons (Fsp3) is 0.714. The van der Waals surface area contributed by atoms with Crippen LogP contribution in [-0.2, 0) is 10.0 Å². The summed E-state index contributed by atoms with van der Waals surface area (Å²) in [6, 6.07) is 1.38. The van der Waals surface area contributed by atoms with Crippen molar-refractivity contribution in [1.29, 1.82) is 0 Å². The standard InChI is InChI=1S/C14H24N2O3S/c1-10-8-14(11(2)19-10)20(17,18)16-13(9-15)12-6-4-3-5-7-12/h8,12-13,16H,3-7,9,15H2,1-2H3. The molecule has 20 heavy (non-hydrogen) atoms. The highest BCUT2D eigenvalue weighted by Crippen LogP contribution is 2.27. The SMILES string of the molecule is Cc1cc(S(=O)(=O)NC(CN)C2CCCCC2)c(C)o1. The van der Waals surface area contributed by atoms with Crippen LogP contribution in [0, 0.1) is 19.8 Å². The molecule has 0 saturated heterocycles. The van der Waals surface area contributed by atoms with Gasteiger partial charge in [0.15, 0.2) is 0 Å². The minimum atomic E-state index is -3.55. The molecule has 1 heterocycles. The van der Waals surface area contributed by atoms with Crippen LogP contribution in [0.5, 0.6) is 0 Å². The van der Waals surface area contributed by atoms with Crippen LogP contribution in [0.3, 0.4) is 0 Å². The summed E-state index contributed by atoms with van der Waals surface area (Å²) in [5.41, 5.74) is 5.78. The van der Waals surface area contributed by atoms with E-state index in [-0.39, 0.29) is 10.9 Å². The number of hydrogen-bond acceptors (Lipinski definition) is 4. The van der Waals surface area contributed by atoms with Gasteiger partial charge in [0.1, 0.15) is 16.4 Å². The zero-order valence-corrected chi connectivity index (χ0v) is 13.0. The number of nitrogens with two attached hydrogens (primary N) is 1. The quantitative estimate of drug-likeness (QED) is 0.872. The van der Waals surface area contributed by atoms with Crippen LogP contribution < -0.4 is 10.5 Å². The van der Waals surface area contributed by atoms with Gasteiger partial charge in [0.2, 0.25) is 10.0 Å². The Morgan fingerprint density at radius 2 is 2.00 bits per heavy atom. The Kier molecular flexibility index (Phi) is 4.88. The molecule has 0 amide bonds. The van der Waals surface area contributed by atoms with E-state index in [2.05, 4.69) is 4.72 Å². The summed E-state index contributed by atoms with van der Waals surface area (Å²) < 4.78 is 33.0. The van der Waals surface area contributed by atoms with E-state index in [0.29, 0.717) is 24.0 Å². The largest absolute Gasteiger partial charge is 0.465 e. The van der Waals surface area contributed by atoms with Gasteiger partial charge in [0.25, 0.3) is 0 Å². The van der Waals surface area contributed by atoms with Crippen molar-refractivity contribution in [3.63, 3.8) is 0 Å². The van der Waals surface area contributed by atoms with Crippen LogP contribution in [-0.4, -0.2) is 21.0 Å². The molecule has 1 fully saturated rings. The molecule has 1 unspecified atom stereocenters. The lowest BCUT2D eigenvalue weighted by Crippen LogP contribution is -2.45. The third kappa shape index (κ3) is 3.42. The van der Waals surface area contributed by atoms with E-state index in [1.165, 1.54) is 6.42 Å². The number of furan rings is 1. The van der Waals surface area contributed by atoms with Crippen LogP contribution in [0.4, 0.5) is 0 Å². The van der Waals surface area contributed by atoms with E-state index in [1.807, 2.05) is 0 Å². The van der Waals surface area contributed by atoms with Crippen molar-refractivity contribution >= 4 is 10.0 Å². The van der Waals surface area contributed by atoms with Crippen LogP contribution in [0.25, 0.3) is 0 Å². The molecule has 3 N–H and O–H groups in total. The molecule has 114 valence electrons. The predicted molar refractivity (Wildman–Crippen MR) is 77.9 cm³/mol. The summed E-state index contributed by atoms with van der Waals surface area (Å²) in [4.78, 5) is 0.226. The second-order valence-electron chi connectivity index (χ2n) is 5.64. The molecule has 1 aliphatic rings. The van der Waals surface area contributed by atoms with Crippen molar-refractivity contribution in [2.75, 3.05) is 6.54 Å². The third-order valence-electron chi connectivity index (χ3n) is 4.06. The van der Waals surface area contributed by atoms with Gasteiger partial charge >= 0.3 is 0 Å².